The normalized spacial score (nSPS) is 15.8. The molecule has 42 heteroatoms. The van der Waals surface area contributed by atoms with E-state index in [4.69, 9.17) is 131 Å². The summed E-state index contributed by atoms with van der Waals surface area (Å²) in [7, 11) is 10.4. The molecule has 0 spiro atoms. The molecule has 137 heavy (non-hydrogen) atoms. The summed E-state index contributed by atoms with van der Waals surface area (Å²) in [6.45, 7) is 26.8. The molecule has 13 rings (SSSR count). The van der Waals surface area contributed by atoms with E-state index in [1.165, 1.54) is 113 Å². The molecule has 0 aliphatic carbocycles. The minimum absolute atomic E-state index is 0.00322. The molecule has 5 saturated heterocycles. The Bertz CT molecular complexity index is 4580. The van der Waals surface area contributed by atoms with E-state index in [0.29, 0.717) is 79.6 Å². The second-order valence-electron chi connectivity index (χ2n) is 33.6. The van der Waals surface area contributed by atoms with E-state index in [2.05, 4.69) is 13.8 Å². The van der Waals surface area contributed by atoms with Crippen LogP contribution >= 0.6 is 0 Å². The molecule has 0 bridgehead atoms. The molecule has 1 unspecified atom stereocenters. The van der Waals surface area contributed by atoms with E-state index in [9.17, 15) is 30.7 Å². The number of hydrogen-bond acceptors (Lipinski definition) is 28. The third-order valence-electron chi connectivity index (χ3n) is 20.8. The van der Waals surface area contributed by atoms with Gasteiger partial charge in [-0.25, -0.2) is 30.7 Å². The third kappa shape index (κ3) is 40.5. The van der Waals surface area contributed by atoms with Crippen molar-refractivity contribution in [1.82, 2.24) is 0 Å². The van der Waals surface area contributed by atoms with E-state index in [1.54, 1.807) is 78.0 Å². The SMILES string of the molecule is COCOCc1cc(F)ccc1B(OC(C)C)OC(C)C.COCOCc1cc(F)ccc1B(OC)OC.COCOCc1cc(F)ccc1B1OC(C)(C)C(C)(C)O1.COCOCc1cc(F)ccc1B1OCC(C)(C)CO1.COCOCc1cc(F)ccc1B1OCC(c2ccccc2)O1.COCOCc1cc(F)ccc1B1OCCCO1.COCOCc1cc(F)ccc1B1OCCO1. The summed E-state index contributed by atoms with van der Waals surface area (Å²) < 4.78 is 243. The molecule has 0 amide bonds. The molecule has 5 aliphatic heterocycles. The zero-order valence-corrected chi connectivity index (χ0v) is 81.9. The minimum atomic E-state index is -0.549. The summed E-state index contributed by atoms with van der Waals surface area (Å²) in [5.41, 5.74) is 10.6. The van der Waals surface area contributed by atoms with Gasteiger partial charge in [-0.1, -0.05) is 86.6 Å². The molecule has 1 atom stereocenters. The highest BCUT2D eigenvalue weighted by molar-refractivity contribution is 6.65. The molecule has 8 aromatic rings. The zero-order chi connectivity index (χ0) is 99.7. The Labute approximate surface area is 804 Å². The van der Waals surface area contributed by atoms with Crippen molar-refractivity contribution in [2.75, 3.05) is 158 Å². The van der Waals surface area contributed by atoms with Gasteiger partial charge in [-0.15, -0.1) is 0 Å². The maximum absolute atomic E-state index is 13.5. The average Bonchev–Trinajstić information content (AvgIpc) is 1.62. The first-order chi connectivity index (χ1) is 65.8. The Morgan fingerprint density at radius 1 is 0.321 bits per heavy atom. The predicted molar refractivity (Wildman–Crippen MR) is 506 cm³/mol. The lowest BCUT2D eigenvalue weighted by atomic mass is 9.73. The third-order valence-corrected chi connectivity index (χ3v) is 20.8. The van der Waals surface area contributed by atoms with E-state index < -0.39 is 61.0 Å². The number of ether oxygens (including phenoxy) is 14. The van der Waals surface area contributed by atoms with Crippen molar-refractivity contribution < 1.29 is 162 Å². The molecular formula is C95H130B7F7O28. The predicted octanol–water partition coefficient (Wildman–Crippen LogP) is 11.6. The molecule has 0 N–H and O–H groups in total. The summed E-state index contributed by atoms with van der Waals surface area (Å²) in [6, 6.07) is 41.4. The molecule has 0 radical (unpaired) electrons. The molecule has 748 valence electrons. The maximum Gasteiger partial charge on any atom is 0.495 e. The number of hydrogen-bond donors (Lipinski definition) is 0. The van der Waals surface area contributed by atoms with Crippen LogP contribution in [0, 0.1) is 46.1 Å². The van der Waals surface area contributed by atoms with Crippen molar-refractivity contribution in [3.8, 4) is 0 Å². The van der Waals surface area contributed by atoms with Crippen molar-refractivity contribution in [2.24, 2.45) is 5.41 Å². The van der Waals surface area contributed by atoms with Crippen LogP contribution in [0.1, 0.15) is 126 Å². The van der Waals surface area contributed by atoms with E-state index in [-0.39, 0.29) is 158 Å². The Hall–Kier alpha value is -7.40. The van der Waals surface area contributed by atoms with Crippen LogP contribution in [0.4, 0.5) is 30.7 Å². The second kappa shape index (κ2) is 62.8. The first-order valence-corrected chi connectivity index (χ1v) is 44.5. The second-order valence-corrected chi connectivity index (χ2v) is 33.6. The van der Waals surface area contributed by atoms with E-state index in [1.807, 2.05) is 85.7 Å². The molecule has 5 aliphatic rings. The summed E-state index contributed by atoms with van der Waals surface area (Å²) in [5.74, 6) is -2.18. The van der Waals surface area contributed by atoms with Crippen LogP contribution in [0.15, 0.2) is 158 Å². The Morgan fingerprint density at radius 2 is 0.599 bits per heavy atom. The van der Waals surface area contributed by atoms with Crippen molar-refractivity contribution in [3.63, 3.8) is 0 Å². The van der Waals surface area contributed by atoms with Crippen LogP contribution in [-0.2, 0) is 178 Å². The lowest BCUT2D eigenvalue weighted by Gasteiger charge is -2.33. The Balaban J connectivity index is 0.000000218. The Morgan fingerprint density at radius 3 is 0.912 bits per heavy atom. The topological polar surface area (TPSA) is 258 Å². The quantitative estimate of drug-likeness (QED) is 0.0149. The van der Waals surface area contributed by atoms with Gasteiger partial charge in [0.2, 0.25) is 0 Å². The highest BCUT2D eigenvalue weighted by atomic mass is 19.2. The van der Waals surface area contributed by atoms with Gasteiger partial charge in [0.25, 0.3) is 0 Å². The van der Waals surface area contributed by atoms with Crippen LogP contribution < -0.4 is 38.2 Å². The highest BCUT2D eigenvalue weighted by Gasteiger charge is 2.52. The van der Waals surface area contributed by atoms with E-state index >= 15 is 0 Å². The number of halogens is 7. The van der Waals surface area contributed by atoms with Crippen molar-refractivity contribution in [3.05, 3.63) is 243 Å². The van der Waals surface area contributed by atoms with Gasteiger partial charge in [0.1, 0.15) is 88.3 Å². The standard InChI is InChI=1S/C17H18BFO4.C15H22BFO4.C15H24BFO4.C14H20BFO4.C12H16BFO4.C11H14BFO4.C11H16BFO4/c1-20-12-21-10-14-9-15(19)7-8-16(14)18-22-11-17(23-18)13-5-3-2-4-6-13;1-14(2)15(3,4)21-16(20-14)13-7-6-12(17)8-11(13)9-19-10-18-5;1-11(2)20-16(21-12(3)4)15-7-6-14(17)8-13(15)9-19-10-18-5;1-14(2)8-19-15(20-9-14)13-5-4-12(16)6-11(13)7-18-10-17-3;1-15-9-16-8-10-7-11(14)3-4-12(10)13-17-5-2-6-18-13;1-14-8-15-7-9-6-10(13)2-3-11(9)12-16-4-5-17-12;1-14-8-17-7-9-6-10(13)4-5-11(9)12(15-2)16-3/h2-9,17H,10-12H2,1H3;6-8H,9-10H2,1-5H3;6-8,11-12H,9-10H2,1-5H3;4-6H,7-10H2,1-3H3;3-4,7H,2,5-6,8-9H2,1H3;2-3,6H,4-5,7-8H2,1H3;4-6H,7-8H2,1-3H3. The fourth-order valence-corrected chi connectivity index (χ4v) is 13.6. The van der Waals surface area contributed by atoms with Crippen LogP contribution in [-0.4, -0.2) is 231 Å². The molecule has 5 heterocycles. The molecular weight excluding hydrogens is 1800 g/mol. The maximum atomic E-state index is 13.5. The first kappa shape index (κ1) is 117. The largest absolute Gasteiger partial charge is 0.495 e. The van der Waals surface area contributed by atoms with Gasteiger partial charge in [0.05, 0.1) is 83.4 Å². The van der Waals surface area contributed by atoms with Crippen molar-refractivity contribution in [1.29, 1.82) is 0 Å². The smallest absolute Gasteiger partial charge is 0.410 e. The van der Waals surface area contributed by atoms with Crippen molar-refractivity contribution in [2.45, 2.75) is 151 Å². The van der Waals surface area contributed by atoms with Gasteiger partial charge < -0.3 is 131 Å². The number of methoxy groups -OCH3 is 7. The number of rotatable bonds is 42. The zero-order valence-electron chi connectivity index (χ0n) is 81.9. The van der Waals surface area contributed by atoms with Crippen LogP contribution in [0.3, 0.4) is 0 Å². The van der Waals surface area contributed by atoms with Gasteiger partial charge in [-0.2, -0.15) is 0 Å². The fourth-order valence-electron chi connectivity index (χ4n) is 13.6. The van der Waals surface area contributed by atoms with Gasteiger partial charge in [0, 0.05) is 108 Å². The van der Waals surface area contributed by atoms with Crippen LogP contribution in [0.5, 0.6) is 0 Å². The first-order valence-electron chi connectivity index (χ1n) is 44.5. The molecule has 0 saturated carbocycles. The lowest BCUT2D eigenvalue weighted by Crippen LogP contribution is -2.48. The fraction of sp³-hybridized carbons (Fsp3) is 0.495. The van der Waals surface area contributed by atoms with Crippen molar-refractivity contribution >= 4 is 88.1 Å². The summed E-state index contributed by atoms with van der Waals surface area (Å²) in [4.78, 5) is 0. The Kier molecular flexibility index (Phi) is 53.4. The molecule has 8 aromatic carbocycles. The van der Waals surface area contributed by atoms with E-state index in [0.717, 1.165) is 55.8 Å². The molecule has 5 fully saturated rings. The minimum Gasteiger partial charge on any atom is -0.410 e. The summed E-state index contributed by atoms with van der Waals surface area (Å²) in [5, 5.41) is 0. The molecule has 0 aromatic heterocycles. The summed E-state index contributed by atoms with van der Waals surface area (Å²) >= 11 is 0. The van der Waals surface area contributed by atoms with Gasteiger partial charge in [-0.05, 0) is 229 Å². The lowest BCUT2D eigenvalue weighted by molar-refractivity contribution is -0.0391. The van der Waals surface area contributed by atoms with Crippen LogP contribution in [0.25, 0.3) is 0 Å². The highest BCUT2D eigenvalue weighted by Crippen LogP contribution is 2.37. The average molecular weight is 1930 g/mol. The summed E-state index contributed by atoms with van der Waals surface area (Å²) in [6.07, 6.45) is 0.741. The van der Waals surface area contributed by atoms with Gasteiger partial charge >= 0.3 is 49.8 Å². The number of benzene rings is 8. The molecule has 28 nitrogen and oxygen atoms in total. The monoisotopic (exact) mass is 1930 g/mol. The van der Waals surface area contributed by atoms with Crippen LogP contribution in [0.2, 0.25) is 0 Å². The van der Waals surface area contributed by atoms with Gasteiger partial charge in [0.15, 0.2) is 0 Å². The van der Waals surface area contributed by atoms with Gasteiger partial charge in [-0.3, -0.25) is 0 Å².